The molecule has 6 nitrogen and oxygen atoms in total. The van der Waals surface area contributed by atoms with Gasteiger partial charge in [0.25, 0.3) is 0 Å². The van der Waals surface area contributed by atoms with Gasteiger partial charge in [0.1, 0.15) is 0 Å². The molecule has 2 N–H and O–H groups in total. The minimum atomic E-state index is -3.23. The molecule has 0 aromatic heterocycles. The zero-order valence-corrected chi connectivity index (χ0v) is 12.8. The highest BCUT2D eigenvalue weighted by Crippen LogP contribution is 2.42. The van der Waals surface area contributed by atoms with Crippen molar-refractivity contribution in [2.75, 3.05) is 12.8 Å². The van der Waals surface area contributed by atoms with Gasteiger partial charge < -0.3 is 9.42 Å². The molecule has 0 heterocycles. The highest BCUT2D eigenvalue weighted by Gasteiger charge is 2.16. The molecule has 1 atom stereocenters. The summed E-state index contributed by atoms with van der Waals surface area (Å²) in [4.78, 5) is 22.4. The van der Waals surface area contributed by atoms with Crippen molar-refractivity contribution in [3.05, 3.63) is 12.2 Å². The summed E-state index contributed by atoms with van der Waals surface area (Å²) in [5.74, 6) is -0.792. The Hall–Kier alpha value is -0.680. The van der Waals surface area contributed by atoms with Crippen molar-refractivity contribution >= 4 is 13.6 Å². The van der Waals surface area contributed by atoms with Gasteiger partial charge in [0.15, 0.2) is 0 Å². The Kier molecular flexibility index (Phi) is 13.4. The Morgan fingerprint density at radius 2 is 1.84 bits per heavy atom. The molecule has 0 aliphatic heterocycles. The van der Waals surface area contributed by atoms with Gasteiger partial charge in [0.05, 0.1) is 6.61 Å². The smallest absolute Gasteiger partial charge is 0.324 e. The Labute approximate surface area is 114 Å². The molecule has 19 heavy (non-hydrogen) atoms. The van der Waals surface area contributed by atoms with E-state index < -0.39 is 13.6 Å². The van der Waals surface area contributed by atoms with Gasteiger partial charge in [0, 0.05) is 11.7 Å². The van der Waals surface area contributed by atoms with Gasteiger partial charge >= 0.3 is 13.6 Å². The standard InChI is InChI=1S/C8H19O3P.C4H6O3/c1-3-5-6-7-8-12(9,10)11-4-2;1-3(2)4(5)7-6/h3-8H2,1-2H3,(H,9,10);6H,1H2,2H3. The van der Waals surface area contributed by atoms with Crippen molar-refractivity contribution in [1.82, 2.24) is 0 Å². The van der Waals surface area contributed by atoms with Gasteiger partial charge in [-0.1, -0.05) is 32.8 Å². The lowest BCUT2D eigenvalue weighted by Crippen LogP contribution is -1.99. The predicted molar refractivity (Wildman–Crippen MR) is 74.0 cm³/mol. The molecular weight excluding hydrogens is 271 g/mol. The van der Waals surface area contributed by atoms with E-state index in [-0.39, 0.29) is 5.57 Å². The normalized spacial score (nSPS) is 12.9. The number of carbonyl (C=O) groups is 1. The van der Waals surface area contributed by atoms with E-state index in [0.29, 0.717) is 12.8 Å². The topological polar surface area (TPSA) is 93.1 Å². The molecule has 1 unspecified atom stereocenters. The summed E-state index contributed by atoms with van der Waals surface area (Å²) >= 11 is 0. The first-order valence-electron chi connectivity index (χ1n) is 6.28. The summed E-state index contributed by atoms with van der Waals surface area (Å²) in [6.07, 6.45) is 4.40. The van der Waals surface area contributed by atoms with Gasteiger partial charge in [-0.05, 0) is 20.3 Å². The second kappa shape index (κ2) is 12.4. The largest absolute Gasteiger partial charge is 0.367 e. The monoisotopic (exact) mass is 296 g/mol. The van der Waals surface area contributed by atoms with Crippen LogP contribution in [0.3, 0.4) is 0 Å². The van der Waals surface area contributed by atoms with Crippen LogP contribution >= 0.6 is 7.60 Å². The second-order valence-corrected chi connectivity index (χ2v) is 5.98. The van der Waals surface area contributed by atoms with Crippen LogP contribution in [0.25, 0.3) is 0 Å². The molecule has 0 aromatic carbocycles. The van der Waals surface area contributed by atoms with Crippen molar-refractivity contribution in [2.45, 2.75) is 46.5 Å². The van der Waals surface area contributed by atoms with E-state index in [1.165, 1.54) is 6.92 Å². The van der Waals surface area contributed by atoms with E-state index in [9.17, 15) is 9.36 Å². The fraction of sp³-hybridized carbons (Fsp3) is 0.750. The molecule has 0 aromatic rings. The maximum atomic E-state index is 11.1. The zero-order chi connectivity index (χ0) is 15.3. The molecule has 7 heteroatoms. The predicted octanol–water partition coefficient (Wildman–Crippen LogP) is 3.37. The molecular formula is C12H25O6P. The van der Waals surface area contributed by atoms with Gasteiger partial charge in [-0.25, -0.2) is 4.79 Å². The average Bonchev–Trinajstić information content (AvgIpc) is 2.34. The average molecular weight is 296 g/mol. The van der Waals surface area contributed by atoms with Gasteiger partial charge in [-0.15, -0.1) is 0 Å². The summed E-state index contributed by atoms with van der Waals surface area (Å²) in [6, 6.07) is 0. The number of carbonyl (C=O) groups excluding carboxylic acids is 1. The van der Waals surface area contributed by atoms with Crippen molar-refractivity contribution in [3.8, 4) is 0 Å². The van der Waals surface area contributed by atoms with E-state index in [2.05, 4.69) is 18.4 Å². The van der Waals surface area contributed by atoms with E-state index in [0.717, 1.165) is 25.7 Å². The summed E-state index contributed by atoms with van der Waals surface area (Å²) in [6.45, 7) is 8.80. The molecule has 0 spiro atoms. The molecule has 114 valence electrons. The third-order valence-electron chi connectivity index (χ3n) is 2.06. The Morgan fingerprint density at radius 1 is 1.26 bits per heavy atom. The highest BCUT2D eigenvalue weighted by molar-refractivity contribution is 7.52. The lowest BCUT2D eigenvalue weighted by Gasteiger charge is -2.09. The molecule has 0 saturated carbocycles. The molecule has 0 fully saturated rings. The minimum absolute atomic E-state index is 0.183. The molecule has 0 radical (unpaired) electrons. The van der Waals surface area contributed by atoms with Crippen LogP contribution in [0, 0.1) is 0 Å². The molecule has 0 aliphatic carbocycles. The first-order valence-corrected chi connectivity index (χ1v) is 8.04. The van der Waals surface area contributed by atoms with E-state index in [4.69, 9.17) is 14.7 Å². The van der Waals surface area contributed by atoms with E-state index in [1.807, 2.05) is 0 Å². The van der Waals surface area contributed by atoms with Crippen molar-refractivity contribution in [3.63, 3.8) is 0 Å². The molecule has 0 saturated heterocycles. The van der Waals surface area contributed by atoms with Crippen molar-refractivity contribution < 1.29 is 28.9 Å². The number of hydrogen-bond donors (Lipinski definition) is 2. The van der Waals surface area contributed by atoms with Crippen LogP contribution in [0.15, 0.2) is 12.2 Å². The Balaban J connectivity index is 0. The minimum Gasteiger partial charge on any atom is -0.324 e. The molecule has 0 amide bonds. The maximum absolute atomic E-state index is 11.1. The number of rotatable bonds is 8. The first-order chi connectivity index (χ1) is 8.80. The van der Waals surface area contributed by atoms with Crippen molar-refractivity contribution in [2.24, 2.45) is 0 Å². The van der Waals surface area contributed by atoms with Crippen LogP contribution < -0.4 is 0 Å². The SMILES string of the molecule is C=C(C)C(=O)OO.CCCCCCP(=O)(O)OCC. The number of unbranched alkanes of at least 4 members (excludes halogenated alkanes) is 3. The quantitative estimate of drug-likeness (QED) is 0.234. The van der Waals surface area contributed by atoms with E-state index in [1.54, 1.807) is 6.92 Å². The fourth-order valence-corrected chi connectivity index (χ4v) is 2.24. The molecule has 0 rings (SSSR count). The van der Waals surface area contributed by atoms with Gasteiger partial charge in [0.2, 0.25) is 0 Å². The summed E-state index contributed by atoms with van der Waals surface area (Å²) in [5.41, 5.74) is 0.183. The van der Waals surface area contributed by atoms with Crippen LogP contribution in [0.2, 0.25) is 0 Å². The van der Waals surface area contributed by atoms with Crippen LogP contribution in [-0.2, 0) is 18.8 Å². The van der Waals surface area contributed by atoms with Crippen LogP contribution in [-0.4, -0.2) is 28.9 Å². The van der Waals surface area contributed by atoms with E-state index >= 15 is 0 Å². The summed E-state index contributed by atoms with van der Waals surface area (Å²) < 4.78 is 15.8. The summed E-state index contributed by atoms with van der Waals surface area (Å²) in [5, 5.41) is 7.59. The second-order valence-electron chi connectivity index (χ2n) is 4.00. The summed E-state index contributed by atoms with van der Waals surface area (Å²) in [7, 11) is -3.23. The Morgan fingerprint density at radius 3 is 2.16 bits per heavy atom. The van der Waals surface area contributed by atoms with Gasteiger partial charge in [-0.3, -0.25) is 9.45 Å². The third kappa shape index (κ3) is 15.3. The third-order valence-corrected chi connectivity index (χ3v) is 3.60. The molecule has 0 bridgehead atoms. The maximum Gasteiger partial charge on any atom is 0.367 e. The Bertz CT molecular complexity index is 303. The van der Waals surface area contributed by atoms with Crippen LogP contribution in [0.1, 0.15) is 46.5 Å². The first kappa shape index (κ1) is 20.6. The lowest BCUT2D eigenvalue weighted by molar-refractivity contribution is -0.229. The number of hydrogen-bond acceptors (Lipinski definition) is 5. The fourth-order valence-electron chi connectivity index (χ4n) is 1.08. The van der Waals surface area contributed by atoms with Gasteiger partial charge in [-0.2, -0.15) is 5.26 Å². The highest BCUT2D eigenvalue weighted by atomic mass is 31.2. The van der Waals surface area contributed by atoms with Crippen LogP contribution in [0.5, 0.6) is 0 Å². The van der Waals surface area contributed by atoms with Crippen molar-refractivity contribution in [1.29, 1.82) is 0 Å². The molecule has 0 aliphatic rings. The zero-order valence-electron chi connectivity index (χ0n) is 11.9. The van der Waals surface area contributed by atoms with Crippen LogP contribution in [0.4, 0.5) is 0 Å². The lowest BCUT2D eigenvalue weighted by atomic mass is 10.2.